The van der Waals surface area contributed by atoms with Crippen molar-refractivity contribution in [2.75, 3.05) is 29.6 Å². The fraction of sp³-hybridized carbons (Fsp3) is 0.409. The first-order valence-corrected chi connectivity index (χ1v) is 11.9. The number of fused-ring (bicyclic) bond motifs is 1. The van der Waals surface area contributed by atoms with Gasteiger partial charge in [-0.2, -0.15) is 4.98 Å². The number of aryl methyl sites for hydroxylation is 2. The fourth-order valence-corrected chi connectivity index (χ4v) is 4.45. The molecule has 1 aliphatic rings. The lowest BCUT2D eigenvalue weighted by Gasteiger charge is -2.22. The van der Waals surface area contributed by atoms with Crippen LogP contribution in [0.1, 0.15) is 46.6 Å². The van der Waals surface area contributed by atoms with Crippen molar-refractivity contribution in [2.24, 2.45) is 5.73 Å². The lowest BCUT2D eigenvalue weighted by Crippen LogP contribution is -2.22. The summed E-state index contributed by atoms with van der Waals surface area (Å²) in [4.78, 5) is 35.7. The Morgan fingerprint density at radius 1 is 1.19 bits per heavy atom. The third-order valence-corrected chi connectivity index (χ3v) is 6.35. The van der Waals surface area contributed by atoms with Crippen LogP contribution in [0.5, 0.6) is 0 Å². The Hall–Kier alpha value is -3.14. The number of hydrogen-bond acceptors (Lipinski definition) is 7. The molecule has 1 saturated heterocycles. The van der Waals surface area contributed by atoms with E-state index in [1.165, 1.54) is 11.8 Å². The number of anilines is 2. The molecule has 0 bridgehead atoms. The van der Waals surface area contributed by atoms with Crippen molar-refractivity contribution in [3.8, 4) is 0 Å². The minimum absolute atomic E-state index is 0.130. The van der Waals surface area contributed by atoms with Crippen molar-refractivity contribution >= 4 is 40.7 Å². The molecule has 4 rings (SSSR count). The van der Waals surface area contributed by atoms with Gasteiger partial charge >= 0.3 is 0 Å². The maximum Gasteiger partial charge on any atom is 0.253 e. The summed E-state index contributed by atoms with van der Waals surface area (Å²) < 4.78 is 1.73. The first-order valence-electron chi connectivity index (χ1n) is 10.6. The van der Waals surface area contributed by atoms with Crippen molar-refractivity contribution < 1.29 is 9.59 Å². The van der Waals surface area contributed by atoms with Gasteiger partial charge < -0.3 is 16.0 Å². The molecule has 2 amide bonds. The van der Waals surface area contributed by atoms with Crippen LogP contribution in [-0.2, 0) is 11.2 Å². The highest BCUT2D eigenvalue weighted by atomic mass is 32.2. The molecule has 0 unspecified atom stereocenters. The number of nitrogens with two attached hydrogens (primary N) is 1. The van der Waals surface area contributed by atoms with E-state index in [-0.39, 0.29) is 12.3 Å². The molecular weight excluding hydrogens is 426 g/mol. The number of nitrogens with zero attached hydrogens (tertiary/aromatic N) is 5. The van der Waals surface area contributed by atoms with E-state index in [0.29, 0.717) is 28.6 Å². The Morgan fingerprint density at radius 3 is 2.62 bits per heavy atom. The van der Waals surface area contributed by atoms with Crippen LogP contribution in [0.2, 0.25) is 0 Å². The molecule has 0 spiro atoms. The summed E-state index contributed by atoms with van der Waals surface area (Å²) in [6, 6.07) is 5.23. The minimum Gasteiger partial charge on any atom is -0.370 e. The Bertz CT molecular complexity index is 1180. The molecule has 0 radical (unpaired) electrons. The second-order valence-electron chi connectivity index (χ2n) is 7.91. The molecule has 9 nitrogen and oxygen atoms in total. The molecule has 3 N–H and O–H groups in total. The Labute approximate surface area is 190 Å². The number of thioether (sulfide) groups is 1. The zero-order valence-electron chi connectivity index (χ0n) is 18.5. The number of primary amides is 1. The SMILES string of the molecule is CSc1nc2nc(C)c(CCC(=O)Nc3cc(C(N)=O)ccc3N3CCCC3)c(C)n2n1. The third kappa shape index (κ3) is 4.40. The van der Waals surface area contributed by atoms with Gasteiger partial charge in [0.1, 0.15) is 0 Å². The van der Waals surface area contributed by atoms with Crippen molar-refractivity contribution in [1.82, 2.24) is 19.6 Å². The van der Waals surface area contributed by atoms with Crippen LogP contribution in [0, 0.1) is 13.8 Å². The fourth-order valence-electron chi connectivity index (χ4n) is 4.11. The van der Waals surface area contributed by atoms with Gasteiger partial charge in [-0.25, -0.2) is 9.50 Å². The zero-order chi connectivity index (χ0) is 22.8. The number of hydrogen-bond donors (Lipinski definition) is 2. The van der Waals surface area contributed by atoms with Gasteiger partial charge in [0.2, 0.25) is 17.0 Å². The molecule has 0 aliphatic carbocycles. The molecule has 1 aliphatic heterocycles. The van der Waals surface area contributed by atoms with E-state index in [1.54, 1.807) is 16.6 Å². The predicted octanol–water partition coefficient (Wildman–Crippen LogP) is 2.73. The summed E-state index contributed by atoms with van der Waals surface area (Å²) in [7, 11) is 0. The van der Waals surface area contributed by atoms with Gasteiger partial charge in [0.25, 0.3) is 5.78 Å². The van der Waals surface area contributed by atoms with Gasteiger partial charge in [-0.15, -0.1) is 5.10 Å². The molecule has 32 heavy (non-hydrogen) atoms. The number of carbonyl (C=O) groups is 2. The highest BCUT2D eigenvalue weighted by Crippen LogP contribution is 2.30. The number of aromatic nitrogens is 4. The van der Waals surface area contributed by atoms with Crippen LogP contribution >= 0.6 is 11.8 Å². The van der Waals surface area contributed by atoms with Crippen LogP contribution < -0.4 is 16.0 Å². The molecule has 3 heterocycles. The first kappa shape index (κ1) is 22.1. The summed E-state index contributed by atoms with van der Waals surface area (Å²) >= 11 is 1.47. The predicted molar refractivity (Wildman–Crippen MR) is 125 cm³/mol. The van der Waals surface area contributed by atoms with E-state index in [1.807, 2.05) is 26.2 Å². The molecule has 1 aromatic carbocycles. The quantitative estimate of drug-likeness (QED) is 0.528. The lowest BCUT2D eigenvalue weighted by atomic mass is 10.1. The van der Waals surface area contributed by atoms with E-state index in [4.69, 9.17) is 5.73 Å². The van der Waals surface area contributed by atoms with Gasteiger partial charge in [-0.3, -0.25) is 9.59 Å². The third-order valence-electron chi connectivity index (χ3n) is 5.82. The van der Waals surface area contributed by atoms with E-state index in [2.05, 4.69) is 25.3 Å². The smallest absolute Gasteiger partial charge is 0.253 e. The normalized spacial score (nSPS) is 13.7. The van der Waals surface area contributed by atoms with Crippen LogP contribution in [0.15, 0.2) is 23.4 Å². The standard InChI is InChI=1S/C22H27N7O2S/c1-13-16(14(2)29-21(24-13)26-22(27-29)32-3)7-9-19(30)25-17-12-15(20(23)31)6-8-18(17)28-10-4-5-11-28/h6,8,12H,4-5,7,9-11H2,1-3H3,(H2,23,31)(H,25,30). The molecule has 0 saturated carbocycles. The van der Waals surface area contributed by atoms with Crippen LogP contribution in [0.4, 0.5) is 11.4 Å². The van der Waals surface area contributed by atoms with Gasteiger partial charge in [-0.1, -0.05) is 11.8 Å². The van der Waals surface area contributed by atoms with Gasteiger partial charge in [0.05, 0.1) is 11.4 Å². The molecule has 168 valence electrons. The van der Waals surface area contributed by atoms with Gasteiger partial charge in [0, 0.05) is 36.5 Å². The van der Waals surface area contributed by atoms with E-state index < -0.39 is 5.91 Å². The number of benzene rings is 1. The average molecular weight is 454 g/mol. The van der Waals surface area contributed by atoms with E-state index in [9.17, 15) is 9.59 Å². The van der Waals surface area contributed by atoms with Crippen molar-refractivity contribution in [3.05, 3.63) is 40.7 Å². The highest BCUT2D eigenvalue weighted by Gasteiger charge is 2.19. The Morgan fingerprint density at radius 2 is 1.94 bits per heavy atom. The molecule has 0 atom stereocenters. The van der Waals surface area contributed by atoms with Gasteiger partial charge in [-0.05, 0) is 63.1 Å². The average Bonchev–Trinajstić information content (AvgIpc) is 3.43. The number of rotatable bonds is 7. The summed E-state index contributed by atoms with van der Waals surface area (Å²) in [6.07, 6.45) is 4.94. The highest BCUT2D eigenvalue weighted by molar-refractivity contribution is 7.98. The Kier molecular flexibility index (Phi) is 6.31. The summed E-state index contributed by atoms with van der Waals surface area (Å²) in [5.41, 5.74) is 10.1. The zero-order valence-corrected chi connectivity index (χ0v) is 19.3. The number of nitrogens with one attached hydrogen (secondary N) is 1. The second-order valence-corrected chi connectivity index (χ2v) is 8.68. The Balaban J connectivity index is 1.53. The molecule has 3 aromatic rings. The maximum absolute atomic E-state index is 12.9. The molecule has 10 heteroatoms. The second kappa shape index (κ2) is 9.15. The number of amides is 2. The van der Waals surface area contributed by atoms with Crippen LogP contribution in [0.25, 0.3) is 5.78 Å². The van der Waals surface area contributed by atoms with Crippen molar-refractivity contribution in [2.45, 2.75) is 44.7 Å². The largest absolute Gasteiger partial charge is 0.370 e. The topological polar surface area (TPSA) is 119 Å². The molecule has 1 fully saturated rings. The molecular formula is C22H27N7O2S. The summed E-state index contributed by atoms with van der Waals surface area (Å²) in [5, 5.41) is 8.13. The van der Waals surface area contributed by atoms with Crippen molar-refractivity contribution in [3.63, 3.8) is 0 Å². The minimum atomic E-state index is -0.517. The number of carbonyl (C=O) groups excluding carboxylic acids is 2. The van der Waals surface area contributed by atoms with Gasteiger partial charge in [0.15, 0.2) is 0 Å². The summed E-state index contributed by atoms with van der Waals surface area (Å²) in [6.45, 7) is 5.75. The lowest BCUT2D eigenvalue weighted by molar-refractivity contribution is -0.116. The van der Waals surface area contributed by atoms with Crippen LogP contribution in [-0.4, -0.2) is 50.7 Å². The first-order chi connectivity index (χ1) is 15.4. The van der Waals surface area contributed by atoms with Crippen LogP contribution in [0.3, 0.4) is 0 Å². The monoisotopic (exact) mass is 453 g/mol. The molecule has 2 aromatic heterocycles. The summed E-state index contributed by atoms with van der Waals surface area (Å²) in [5.74, 6) is -0.0815. The maximum atomic E-state index is 12.9. The van der Waals surface area contributed by atoms with Crippen molar-refractivity contribution in [1.29, 1.82) is 0 Å². The van der Waals surface area contributed by atoms with E-state index >= 15 is 0 Å². The van der Waals surface area contributed by atoms with E-state index in [0.717, 1.165) is 48.6 Å².